The number of hydrogen-bond donors (Lipinski definition) is 2. The SMILES string of the molecule is Cc1c(NS(=O)(=O)c2ccccc2)cccc1C(=O)Nc1cc(Cl)ccc1Oc1ccccc1. The summed E-state index contributed by atoms with van der Waals surface area (Å²) >= 11 is 6.15. The number of amides is 1. The van der Waals surface area contributed by atoms with Crippen molar-refractivity contribution in [3.05, 3.63) is 113 Å². The van der Waals surface area contributed by atoms with Crippen LogP contribution in [0.4, 0.5) is 11.4 Å². The van der Waals surface area contributed by atoms with E-state index in [1.807, 2.05) is 18.2 Å². The topological polar surface area (TPSA) is 84.5 Å². The number of anilines is 2. The van der Waals surface area contributed by atoms with E-state index in [1.165, 1.54) is 12.1 Å². The predicted molar refractivity (Wildman–Crippen MR) is 134 cm³/mol. The Balaban J connectivity index is 1.60. The second kappa shape index (κ2) is 9.99. The molecular formula is C26H21ClN2O4S. The van der Waals surface area contributed by atoms with E-state index in [9.17, 15) is 13.2 Å². The van der Waals surface area contributed by atoms with Crippen LogP contribution in [0.5, 0.6) is 11.5 Å². The highest BCUT2D eigenvalue weighted by Gasteiger charge is 2.19. The summed E-state index contributed by atoms with van der Waals surface area (Å²) in [6.45, 7) is 1.68. The van der Waals surface area contributed by atoms with Gasteiger partial charge < -0.3 is 10.1 Å². The van der Waals surface area contributed by atoms with Crippen LogP contribution in [0, 0.1) is 6.92 Å². The molecule has 0 unspecified atom stereocenters. The third kappa shape index (κ3) is 5.39. The van der Waals surface area contributed by atoms with Crippen LogP contribution in [0.25, 0.3) is 0 Å². The molecule has 0 radical (unpaired) electrons. The van der Waals surface area contributed by atoms with E-state index in [1.54, 1.807) is 73.7 Å². The third-order valence-electron chi connectivity index (χ3n) is 5.04. The van der Waals surface area contributed by atoms with E-state index < -0.39 is 15.9 Å². The number of carbonyl (C=O) groups excluding carboxylic acids is 1. The molecule has 4 rings (SSSR count). The summed E-state index contributed by atoms with van der Waals surface area (Å²) in [5.74, 6) is 0.592. The number of hydrogen-bond acceptors (Lipinski definition) is 4. The van der Waals surface area contributed by atoms with Crippen molar-refractivity contribution in [3.63, 3.8) is 0 Å². The third-order valence-corrected chi connectivity index (χ3v) is 6.65. The summed E-state index contributed by atoms with van der Waals surface area (Å²) in [6.07, 6.45) is 0. The molecule has 1 amide bonds. The number of nitrogens with one attached hydrogen (secondary N) is 2. The van der Waals surface area contributed by atoms with E-state index in [-0.39, 0.29) is 4.90 Å². The molecule has 8 heteroatoms. The average Bonchev–Trinajstić information content (AvgIpc) is 2.83. The number of para-hydroxylation sites is 1. The predicted octanol–water partition coefficient (Wildman–Crippen LogP) is 6.49. The van der Waals surface area contributed by atoms with Crippen molar-refractivity contribution in [1.29, 1.82) is 0 Å². The second-order valence-corrected chi connectivity index (χ2v) is 9.53. The molecule has 0 aliphatic heterocycles. The number of ether oxygens (including phenoxy) is 1. The van der Waals surface area contributed by atoms with Crippen molar-refractivity contribution >= 4 is 38.9 Å². The Kier molecular flexibility index (Phi) is 6.86. The minimum absolute atomic E-state index is 0.130. The van der Waals surface area contributed by atoms with Gasteiger partial charge in [-0.25, -0.2) is 8.42 Å². The summed E-state index contributed by atoms with van der Waals surface area (Å²) in [4.78, 5) is 13.3. The van der Waals surface area contributed by atoms with Gasteiger partial charge in [0.2, 0.25) is 0 Å². The number of carbonyl (C=O) groups is 1. The molecule has 172 valence electrons. The van der Waals surface area contributed by atoms with Crippen molar-refractivity contribution < 1.29 is 17.9 Å². The maximum absolute atomic E-state index is 13.2. The van der Waals surface area contributed by atoms with Crippen molar-refractivity contribution in [3.8, 4) is 11.5 Å². The molecule has 0 heterocycles. The number of halogens is 1. The zero-order valence-electron chi connectivity index (χ0n) is 18.2. The van der Waals surface area contributed by atoms with Gasteiger partial charge in [-0.3, -0.25) is 9.52 Å². The van der Waals surface area contributed by atoms with E-state index in [0.717, 1.165) is 0 Å². The fourth-order valence-electron chi connectivity index (χ4n) is 3.29. The fraction of sp³-hybridized carbons (Fsp3) is 0.0385. The number of benzene rings is 4. The lowest BCUT2D eigenvalue weighted by molar-refractivity contribution is 0.102. The van der Waals surface area contributed by atoms with Gasteiger partial charge in [0.05, 0.1) is 16.3 Å². The summed E-state index contributed by atoms with van der Waals surface area (Å²) < 4.78 is 33.9. The summed E-state index contributed by atoms with van der Waals surface area (Å²) in [6, 6.07) is 27.0. The molecule has 0 aromatic heterocycles. The van der Waals surface area contributed by atoms with Crippen LogP contribution in [0.15, 0.2) is 102 Å². The van der Waals surface area contributed by atoms with Crippen molar-refractivity contribution in [2.24, 2.45) is 0 Å². The van der Waals surface area contributed by atoms with Crippen LogP contribution in [-0.4, -0.2) is 14.3 Å². The first-order valence-electron chi connectivity index (χ1n) is 10.3. The van der Waals surface area contributed by atoms with E-state index in [4.69, 9.17) is 16.3 Å². The van der Waals surface area contributed by atoms with Crippen LogP contribution >= 0.6 is 11.6 Å². The highest BCUT2D eigenvalue weighted by atomic mass is 35.5. The summed E-state index contributed by atoms with van der Waals surface area (Å²) in [5.41, 5.74) is 1.48. The molecule has 0 saturated carbocycles. The van der Waals surface area contributed by atoms with Crippen molar-refractivity contribution in [2.75, 3.05) is 10.0 Å². The molecule has 0 atom stereocenters. The van der Waals surface area contributed by atoms with E-state index in [2.05, 4.69) is 10.0 Å². The first kappa shape index (κ1) is 23.4. The zero-order valence-corrected chi connectivity index (χ0v) is 19.7. The molecule has 0 spiro atoms. The first-order chi connectivity index (χ1) is 16.3. The molecule has 0 fully saturated rings. The molecule has 6 nitrogen and oxygen atoms in total. The molecular weight excluding hydrogens is 472 g/mol. The Morgan fingerprint density at radius 3 is 2.21 bits per heavy atom. The molecule has 0 bridgehead atoms. The standard InChI is InChI=1S/C26H21ClN2O4S/c1-18-22(13-8-14-23(18)29-34(31,32)21-11-6-3-7-12-21)26(30)28-24-17-19(27)15-16-25(24)33-20-9-4-2-5-10-20/h2-17,29H,1H3,(H,28,30). The normalized spacial score (nSPS) is 11.0. The van der Waals surface area contributed by atoms with Crippen LogP contribution < -0.4 is 14.8 Å². The van der Waals surface area contributed by atoms with Gasteiger partial charge in [-0.05, 0) is 67.1 Å². The maximum atomic E-state index is 13.2. The highest BCUT2D eigenvalue weighted by Crippen LogP contribution is 2.33. The second-order valence-electron chi connectivity index (χ2n) is 7.41. The van der Waals surface area contributed by atoms with Crippen LogP contribution in [0.2, 0.25) is 5.02 Å². The molecule has 34 heavy (non-hydrogen) atoms. The first-order valence-corrected chi connectivity index (χ1v) is 12.2. The quantitative estimate of drug-likeness (QED) is 0.308. The Labute approximate surface area is 203 Å². The Bertz CT molecular complexity index is 1430. The lowest BCUT2D eigenvalue weighted by atomic mass is 10.1. The van der Waals surface area contributed by atoms with Gasteiger partial charge in [-0.15, -0.1) is 0 Å². The average molecular weight is 493 g/mol. The molecule has 4 aromatic carbocycles. The number of rotatable bonds is 7. The summed E-state index contributed by atoms with van der Waals surface area (Å²) in [7, 11) is -3.80. The van der Waals surface area contributed by atoms with Gasteiger partial charge in [-0.1, -0.05) is 54.1 Å². The molecule has 4 aromatic rings. The van der Waals surface area contributed by atoms with E-state index in [0.29, 0.717) is 39.0 Å². The van der Waals surface area contributed by atoms with Gasteiger partial charge in [0, 0.05) is 10.6 Å². The Morgan fingerprint density at radius 1 is 0.824 bits per heavy atom. The molecule has 0 saturated heterocycles. The van der Waals surface area contributed by atoms with Crippen molar-refractivity contribution in [1.82, 2.24) is 0 Å². The number of sulfonamides is 1. The molecule has 0 aliphatic rings. The van der Waals surface area contributed by atoms with Crippen LogP contribution in [0.1, 0.15) is 15.9 Å². The monoisotopic (exact) mass is 492 g/mol. The van der Waals surface area contributed by atoms with Gasteiger partial charge in [0.1, 0.15) is 5.75 Å². The Hall–Kier alpha value is -3.81. The van der Waals surface area contributed by atoms with Crippen LogP contribution in [-0.2, 0) is 10.0 Å². The fourth-order valence-corrected chi connectivity index (χ4v) is 4.61. The van der Waals surface area contributed by atoms with Gasteiger partial charge in [-0.2, -0.15) is 0 Å². The smallest absolute Gasteiger partial charge is 0.261 e. The van der Waals surface area contributed by atoms with Gasteiger partial charge in [0.25, 0.3) is 15.9 Å². The maximum Gasteiger partial charge on any atom is 0.261 e. The molecule has 2 N–H and O–H groups in total. The zero-order chi connectivity index (χ0) is 24.1. The largest absolute Gasteiger partial charge is 0.455 e. The molecule has 0 aliphatic carbocycles. The minimum atomic E-state index is -3.80. The Morgan fingerprint density at radius 2 is 1.50 bits per heavy atom. The highest BCUT2D eigenvalue weighted by molar-refractivity contribution is 7.92. The summed E-state index contributed by atoms with van der Waals surface area (Å²) in [5, 5.41) is 3.25. The van der Waals surface area contributed by atoms with Gasteiger partial charge in [0.15, 0.2) is 5.75 Å². The van der Waals surface area contributed by atoms with E-state index >= 15 is 0 Å². The lowest BCUT2D eigenvalue weighted by Crippen LogP contribution is -2.17. The van der Waals surface area contributed by atoms with Gasteiger partial charge >= 0.3 is 0 Å². The lowest BCUT2D eigenvalue weighted by Gasteiger charge is -2.16. The van der Waals surface area contributed by atoms with Crippen LogP contribution in [0.3, 0.4) is 0 Å². The minimum Gasteiger partial charge on any atom is -0.455 e. The van der Waals surface area contributed by atoms with Crippen molar-refractivity contribution in [2.45, 2.75) is 11.8 Å².